The van der Waals surface area contributed by atoms with Crippen LogP contribution in [0, 0.1) is 0 Å². The van der Waals surface area contributed by atoms with Crippen LogP contribution < -0.4 is 42.5 Å². The summed E-state index contributed by atoms with van der Waals surface area (Å²) in [6.07, 6.45) is 2.73. The molecule has 8 N–H and O–H groups in total. The first-order valence-electron chi connectivity index (χ1n) is 29.2. The second kappa shape index (κ2) is 28.1. The van der Waals surface area contributed by atoms with Crippen molar-refractivity contribution >= 4 is 47.5 Å². The predicted octanol–water partition coefficient (Wildman–Crippen LogP) is 4.23. The van der Waals surface area contributed by atoms with E-state index in [1.807, 2.05) is 146 Å². The Bertz CT molecular complexity index is 2820. The number of nitrogens with one attached hydrogen (secondary N) is 8. The third-order valence-corrected chi connectivity index (χ3v) is 16.8. The van der Waals surface area contributed by atoms with E-state index in [2.05, 4.69) is 42.5 Å². The van der Waals surface area contributed by atoms with Gasteiger partial charge in [-0.3, -0.25) is 28.8 Å². The molecule has 0 saturated carbocycles. The number of carbonyl (C=O) groups excluding carboxylic acids is 8. The molecule has 4 aliphatic rings. The highest BCUT2D eigenvalue weighted by Gasteiger charge is 2.48. The molecule has 4 heterocycles. The minimum Gasteiger partial charge on any atom is -0.343 e. The average molecular weight is 1140 g/mol. The van der Waals surface area contributed by atoms with Crippen LogP contribution in [-0.2, 0) is 41.9 Å². The van der Waals surface area contributed by atoms with E-state index in [-0.39, 0.29) is 63.2 Å². The maximum absolute atomic E-state index is 14.8. The van der Waals surface area contributed by atoms with Crippen LogP contribution in [-0.4, -0.2) is 156 Å². The fraction of sp³-hybridized carbons (Fsp3) is 0.406. The lowest BCUT2D eigenvalue weighted by Gasteiger charge is -2.39. The summed E-state index contributed by atoms with van der Waals surface area (Å²) in [5.74, 6) is -2.32. The van der Waals surface area contributed by atoms with Gasteiger partial charge in [0.05, 0.1) is 37.3 Å². The van der Waals surface area contributed by atoms with E-state index in [9.17, 15) is 38.4 Å². The van der Waals surface area contributed by atoms with Crippen molar-refractivity contribution in [2.75, 3.05) is 40.3 Å². The van der Waals surface area contributed by atoms with Crippen LogP contribution in [0.4, 0.5) is 9.59 Å². The quantitative estimate of drug-likeness (QED) is 0.0621. The Morgan fingerprint density at radius 1 is 0.464 bits per heavy atom. The monoisotopic (exact) mass is 1140 g/mol. The molecule has 0 aliphatic carbocycles. The zero-order valence-corrected chi connectivity index (χ0v) is 48.2. The molecule has 9 rings (SSSR count). The third kappa shape index (κ3) is 14.4. The van der Waals surface area contributed by atoms with E-state index in [1.165, 1.54) is 0 Å². The molecule has 4 aliphatic heterocycles. The molecule has 0 bridgehead atoms. The maximum Gasteiger partial charge on any atom is 0.317 e. The van der Waals surface area contributed by atoms with Crippen molar-refractivity contribution < 1.29 is 38.4 Å². The molecule has 5 aromatic rings. The number of urea groups is 2. The SMILES string of the molecule is CN[C@@H](C)C(=O)N[C@H]1CN(C(=O)NCc2cccc(CNC(=O)N3CC[C@H]4CC[C@@H](C(=O)NC(c5ccccc5)c5ccccc5)N4C(=O)[C@@H](NC(=O)[C@H](C)NC)C3)c2)CC[C@H]2CCC(C(=O)NC(c3ccccc3)c3ccccc3)N2C1=O. The maximum atomic E-state index is 14.8. The molecule has 84 heavy (non-hydrogen) atoms. The Morgan fingerprint density at radius 3 is 1.14 bits per heavy atom. The standard InChI is InChI=1S/C64H78N12O8/c1-41(65-3)57(77)69-51-39-73(34-32-49-28-30-53(75(49)61(51)81)59(79)71-55(45-20-9-5-10-21-45)46-22-11-6-12-23-46)63(83)67-37-43-18-17-19-44(36-43)38-68-64(84)74-35-33-50-29-31-54(76(50)62(82)52(40-74)70-58(78)42(2)66-4)60(80)72-56(47-24-13-7-14-25-47)48-26-15-8-16-27-48/h5-27,36,41-42,49-56,65-66H,28-35,37-40H2,1-4H3,(H,67,83)(H,68,84)(H,69,77)(H,70,78)(H,71,79)(H,72,80)/t41-,42-,49+,50+,51-,52-,53-,54?/m0/s1. The number of hydrogen-bond acceptors (Lipinski definition) is 10. The number of hydrogen-bond donors (Lipinski definition) is 8. The van der Waals surface area contributed by atoms with E-state index in [0.29, 0.717) is 38.5 Å². The van der Waals surface area contributed by atoms with Crippen LogP contribution in [0.2, 0.25) is 0 Å². The highest BCUT2D eigenvalue weighted by Crippen LogP contribution is 2.33. The van der Waals surface area contributed by atoms with Gasteiger partial charge in [0.15, 0.2) is 0 Å². The molecule has 0 spiro atoms. The van der Waals surface area contributed by atoms with Crippen molar-refractivity contribution in [1.82, 2.24) is 62.1 Å². The van der Waals surface area contributed by atoms with Crippen molar-refractivity contribution in [3.05, 3.63) is 179 Å². The van der Waals surface area contributed by atoms with E-state index in [0.717, 1.165) is 33.4 Å². The Hall–Kier alpha value is -8.62. The number of rotatable bonds is 18. The van der Waals surface area contributed by atoms with Crippen LogP contribution in [0.25, 0.3) is 0 Å². The van der Waals surface area contributed by atoms with Gasteiger partial charge in [-0.2, -0.15) is 0 Å². The molecule has 442 valence electrons. The normalized spacial score (nSPS) is 21.4. The Labute approximate surface area is 491 Å². The summed E-state index contributed by atoms with van der Waals surface area (Å²) in [4.78, 5) is 120. The van der Waals surface area contributed by atoms with Crippen molar-refractivity contribution in [1.29, 1.82) is 0 Å². The first kappa shape index (κ1) is 60.0. The summed E-state index contributed by atoms with van der Waals surface area (Å²) >= 11 is 0. The Kier molecular flexibility index (Phi) is 20.1. The van der Waals surface area contributed by atoms with E-state index in [1.54, 1.807) is 47.5 Å². The van der Waals surface area contributed by atoms with Gasteiger partial charge in [-0.1, -0.05) is 146 Å². The highest BCUT2D eigenvalue weighted by molar-refractivity contribution is 5.96. The summed E-state index contributed by atoms with van der Waals surface area (Å²) in [6, 6.07) is 38.3. The Balaban J connectivity index is 0.831. The molecular weight excluding hydrogens is 1060 g/mol. The van der Waals surface area contributed by atoms with Crippen molar-refractivity contribution in [2.24, 2.45) is 0 Å². The average Bonchev–Trinajstić information content (AvgIpc) is 3.36. The fourth-order valence-corrected chi connectivity index (χ4v) is 11.9. The van der Waals surface area contributed by atoms with Gasteiger partial charge in [0, 0.05) is 38.3 Å². The van der Waals surface area contributed by atoms with Crippen molar-refractivity contribution in [2.45, 2.75) is 126 Å². The summed E-state index contributed by atoms with van der Waals surface area (Å²) < 4.78 is 0. The number of nitrogens with zero attached hydrogens (tertiary/aromatic N) is 4. The zero-order valence-electron chi connectivity index (χ0n) is 48.2. The zero-order chi connectivity index (χ0) is 59.3. The molecule has 20 heteroatoms. The van der Waals surface area contributed by atoms with Gasteiger partial charge in [-0.15, -0.1) is 0 Å². The number of likely N-dealkylation sites (N-methyl/N-ethyl adjacent to an activating group) is 2. The number of benzene rings is 5. The van der Waals surface area contributed by atoms with Crippen LogP contribution in [0.1, 0.15) is 97.8 Å². The second-order valence-corrected chi connectivity index (χ2v) is 22.3. The van der Waals surface area contributed by atoms with Crippen LogP contribution in [0.5, 0.6) is 0 Å². The van der Waals surface area contributed by atoms with Crippen molar-refractivity contribution in [3.8, 4) is 0 Å². The van der Waals surface area contributed by atoms with E-state index < -0.39 is 84.0 Å². The van der Waals surface area contributed by atoms with Gasteiger partial charge in [-0.05, 0) is 99.8 Å². The Morgan fingerprint density at radius 2 is 0.810 bits per heavy atom. The second-order valence-electron chi connectivity index (χ2n) is 22.3. The predicted molar refractivity (Wildman–Crippen MR) is 317 cm³/mol. The van der Waals surface area contributed by atoms with Gasteiger partial charge in [0.2, 0.25) is 35.4 Å². The smallest absolute Gasteiger partial charge is 0.317 e. The van der Waals surface area contributed by atoms with Crippen LogP contribution >= 0.6 is 0 Å². The van der Waals surface area contributed by atoms with Crippen LogP contribution in [0.3, 0.4) is 0 Å². The lowest BCUT2D eigenvalue weighted by molar-refractivity contribution is -0.145. The summed E-state index contributed by atoms with van der Waals surface area (Å²) in [7, 11) is 3.28. The highest BCUT2D eigenvalue weighted by atomic mass is 16.2. The minimum absolute atomic E-state index is 0.109. The van der Waals surface area contributed by atoms with Crippen LogP contribution in [0.15, 0.2) is 146 Å². The summed E-state index contributed by atoms with van der Waals surface area (Å²) in [5.41, 5.74) is 5.06. The van der Waals surface area contributed by atoms with Gasteiger partial charge >= 0.3 is 12.1 Å². The van der Waals surface area contributed by atoms with Gasteiger partial charge < -0.3 is 62.1 Å². The van der Waals surface area contributed by atoms with E-state index >= 15 is 0 Å². The van der Waals surface area contributed by atoms with E-state index in [4.69, 9.17) is 0 Å². The molecule has 4 saturated heterocycles. The minimum atomic E-state index is -1.14. The number of fused-ring (bicyclic) bond motifs is 2. The molecule has 0 aromatic heterocycles. The third-order valence-electron chi connectivity index (χ3n) is 16.8. The first-order chi connectivity index (χ1) is 40.7. The molecule has 4 fully saturated rings. The molecule has 1 unspecified atom stereocenters. The fourth-order valence-electron chi connectivity index (χ4n) is 11.9. The van der Waals surface area contributed by atoms with Crippen molar-refractivity contribution in [3.63, 3.8) is 0 Å². The topological polar surface area (TPSA) is 246 Å². The van der Waals surface area contributed by atoms with Gasteiger partial charge in [0.25, 0.3) is 0 Å². The lowest BCUT2D eigenvalue weighted by atomic mass is 9.98. The summed E-state index contributed by atoms with van der Waals surface area (Å²) in [6.45, 7) is 3.81. The molecule has 0 radical (unpaired) electrons. The lowest BCUT2D eigenvalue weighted by Crippen LogP contribution is -2.63. The first-order valence-corrected chi connectivity index (χ1v) is 29.2. The molecule has 10 amide bonds. The number of carbonyl (C=O) groups is 8. The summed E-state index contributed by atoms with van der Waals surface area (Å²) in [5, 5.41) is 24.1. The molecule has 8 atom stereocenters. The largest absolute Gasteiger partial charge is 0.343 e. The van der Waals surface area contributed by atoms with Gasteiger partial charge in [-0.25, -0.2) is 9.59 Å². The number of amides is 10. The van der Waals surface area contributed by atoms with Gasteiger partial charge in [0.1, 0.15) is 24.2 Å². The molecular formula is C64H78N12O8. The molecule has 5 aromatic carbocycles. The molecule has 20 nitrogen and oxygen atoms in total.